The summed E-state index contributed by atoms with van der Waals surface area (Å²) in [7, 11) is 2.14. The van der Waals surface area contributed by atoms with Crippen molar-refractivity contribution in [3.8, 4) is 23.0 Å². The van der Waals surface area contributed by atoms with Gasteiger partial charge >= 0.3 is 11.9 Å². The van der Waals surface area contributed by atoms with Crippen LogP contribution in [0.3, 0.4) is 0 Å². The van der Waals surface area contributed by atoms with E-state index in [1.807, 2.05) is 176 Å². The normalized spacial score (nSPS) is 16.8. The molecule has 0 radical (unpaired) electrons. The van der Waals surface area contributed by atoms with E-state index in [-0.39, 0.29) is 84.1 Å². The van der Waals surface area contributed by atoms with Crippen molar-refractivity contribution < 1.29 is 42.8 Å². The molecule has 2 saturated heterocycles. The number of fused-ring (bicyclic) bond motifs is 2. The van der Waals surface area contributed by atoms with Crippen LogP contribution in [0.1, 0.15) is 83.7 Å². The number of likely N-dealkylation sites (N-methyl/N-ethyl adjacent to an activating group) is 1. The van der Waals surface area contributed by atoms with Crippen molar-refractivity contribution in [1.29, 1.82) is 0 Å². The first-order chi connectivity index (χ1) is 36.8. The third-order valence-corrected chi connectivity index (χ3v) is 13.8. The van der Waals surface area contributed by atoms with Crippen molar-refractivity contribution in [2.75, 3.05) is 12.4 Å². The Kier molecular flexibility index (Phi) is 15.9. The number of ketones is 1. The number of piperidine rings is 1. The zero-order chi connectivity index (χ0) is 51.3. The van der Waals surface area contributed by atoms with Crippen LogP contribution >= 0.6 is 0 Å². The van der Waals surface area contributed by atoms with E-state index in [9.17, 15) is 9.59 Å². The Morgan fingerprint density at radius 3 is 1.49 bits per heavy atom. The predicted octanol–water partition coefficient (Wildman–Crippen LogP) is 12.5. The molecule has 2 aliphatic rings. The number of ether oxygens (including phenoxy) is 6. The molecule has 2 bridgehead atoms. The number of carbonyl (C=O) groups is 3. The molecule has 11 nitrogen and oxygen atoms in total. The fraction of sp³-hybridized carbons (Fsp3) is 0.203. The molecule has 75 heavy (non-hydrogen) atoms. The largest absolute Gasteiger partial charge is 0.489 e. The Bertz CT molecular complexity index is 3110. The zero-order valence-corrected chi connectivity index (χ0v) is 41.7. The Labute approximate surface area is 437 Å². The maximum absolute atomic E-state index is 15.8. The molecule has 0 aromatic heterocycles. The lowest BCUT2D eigenvalue weighted by atomic mass is 9.93. The molecule has 10 rings (SSSR count). The second kappa shape index (κ2) is 23.9. The monoisotopic (exact) mass is 998 g/mol. The number of rotatable bonds is 21. The average Bonchev–Trinajstić information content (AvgIpc) is 3.72. The highest BCUT2D eigenvalue weighted by atomic mass is 16.5. The molecule has 0 spiro atoms. The fourth-order valence-corrected chi connectivity index (χ4v) is 9.86. The van der Waals surface area contributed by atoms with Gasteiger partial charge in [0.05, 0.1) is 22.7 Å². The summed E-state index contributed by atoms with van der Waals surface area (Å²) in [5.74, 6) is -0.975. The molecule has 2 aliphatic heterocycles. The molecular weight excluding hydrogens is 941 g/mol. The first kappa shape index (κ1) is 49.9. The Morgan fingerprint density at radius 1 is 0.493 bits per heavy atom. The fourth-order valence-electron chi connectivity index (χ4n) is 9.86. The standard InChI is InChI=1S/C64H58N2O9/c1-66-51-32-35-54(66)61(65-50-30-33-52(34-31-50)70-39-44-18-7-2-8-19-44)58(38-51)75-63(68)49-36-56(72-41-46-22-11-4-12-23-46)60(57(37-49)73-42-47-24-13-5-14-25-47)62(67)59-53(64(69)74-43-48-26-15-6-16-27-48)28-17-29-55(59)71-40-45-20-9-3-10-21-45/h2-31,33-34,36-37,51,54,58,61,65H,32,35,38-43H2,1H3. The minimum absolute atomic E-state index is 0.0145. The number of hydrogen-bond donors (Lipinski definition) is 1. The molecular formula is C64H58N2O9. The summed E-state index contributed by atoms with van der Waals surface area (Å²) in [6, 6.07) is 63.8. The number of hydrogen-bond acceptors (Lipinski definition) is 11. The number of anilines is 1. The first-order valence-electron chi connectivity index (χ1n) is 25.4. The van der Waals surface area contributed by atoms with Crippen LogP contribution in [0, 0.1) is 0 Å². The molecule has 11 heteroatoms. The van der Waals surface area contributed by atoms with Gasteiger partial charge in [0.2, 0.25) is 5.78 Å². The van der Waals surface area contributed by atoms with Crippen molar-refractivity contribution in [3.63, 3.8) is 0 Å². The average molecular weight is 999 g/mol. The molecule has 8 aromatic rings. The van der Waals surface area contributed by atoms with E-state index in [0.717, 1.165) is 52.1 Å². The lowest BCUT2D eigenvalue weighted by Crippen LogP contribution is -2.57. The van der Waals surface area contributed by atoms with Gasteiger partial charge in [-0.05, 0) is 96.2 Å². The number of nitrogens with zero attached hydrogens (tertiary/aromatic N) is 1. The molecule has 0 aliphatic carbocycles. The van der Waals surface area contributed by atoms with Gasteiger partial charge in [-0.25, -0.2) is 9.59 Å². The summed E-state index contributed by atoms with van der Waals surface area (Å²) < 4.78 is 38.2. The molecule has 378 valence electrons. The molecule has 0 saturated carbocycles. The second-order valence-electron chi connectivity index (χ2n) is 18.9. The van der Waals surface area contributed by atoms with E-state index in [4.69, 9.17) is 28.4 Å². The van der Waals surface area contributed by atoms with E-state index >= 15 is 4.79 Å². The second-order valence-corrected chi connectivity index (χ2v) is 18.9. The number of nitrogens with one attached hydrogen (secondary N) is 1. The van der Waals surface area contributed by atoms with Gasteiger partial charge in [-0.1, -0.05) is 158 Å². The Morgan fingerprint density at radius 2 is 0.973 bits per heavy atom. The van der Waals surface area contributed by atoms with Crippen molar-refractivity contribution in [2.24, 2.45) is 0 Å². The minimum atomic E-state index is -0.728. The van der Waals surface area contributed by atoms with Crippen LogP contribution < -0.4 is 24.3 Å². The Hall–Kier alpha value is -8.67. The zero-order valence-electron chi connectivity index (χ0n) is 41.7. The molecule has 2 heterocycles. The summed E-state index contributed by atoms with van der Waals surface area (Å²) >= 11 is 0. The maximum Gasteiger partial charge on any atom is 0.339 e. The Balaban J connectivity index is 1.01. The van der Waals surface area contributed by atoms with E-state index in [1.54, 1.807) is 18.2 Å². The van der Waals surface area contributed by atoms with E-state index in [0.29, 0.717) is 13.0 Å². The van der Waals surface area contributed by atoms with Crippen LogP contribution in [0.4, 0.5) is 5.69 Å². The van der Waals surface area contributed by atoms with Gasteiger partial charge in [0, 0.05) is 24.2 Å². The lowest BCUT2D eigenvalue weighted by Gasteiger charge is -2.43. The third kappa shape index (κ3) is 12.4. The van der Waals surface area contributed by atoms with E-state index < -0.39 is 23.8 Å². The summed E-state index contributed by atoms with van der Waals surface area (Å²) in [6.45, 7) is 0.609. The summed E-state index contributed by atoms with van der Waals surface area (Å²) in [5, 5.41) is 3.73. The highest BCUT2D eigenvalue weighted by Crippen LogP contribution is 2.41. The van der Waals surface area contributed by atoms with Crippen LogP contribution in [0.5, 0.6) is 23.0 Å². The van der Waals surface area contributed by atoms with Gasteiger partial charge in [-0.3, -0.25) is 9.69 Å². The number of carbonyl (C=O) groups excluding carboxylic acids is 3. The summed E-state index contributed by atoms with van der Waals surface area (Å²) in [5.41, 5.74) is 5.26. The smallest absolute Gasteiger partial charge is 0.339 e. The predicted molar refractivity (Wildman–Crippen MR) is 287 cm³/mol. The van der Waals surface area contributed by atoms with Crippen molar-refractivity contribution in [1.82, 2.24) is 4.90 Å². The van der Waals surface area contributed by atoms with Gasteiger partial charge in [0.15, 0.2) is 0 Å². The molecule has 2 fully saturated rings. The number of esters is 2. The van der Waals surface area contributed by atoms with Crippen LogP contribution in [-0.2, 0) is 42.5 Å². The van der Waals surface area contributed by atoms with Gasteiger partial charge in [-0.15, -0.1) is 0 Å². The van der Waals surface area contributed by atoms with Gasteiger partial charge < -0.3 is 33.7 Å². The molecule has 8 aromatic carbocycles. The van der Waals surface area contributed by atoms with E-state index in [1.165, 1.54) is 12.1 Å². The van der Waals surface area contributed by atoms with Gasteiger partial charge in [-0.2, -0.15) is 0 Å². The topological polar surface area (TPSA) is 122 Å². The lowest BCUT2D eigenvalue weighted by molar-refractivity contribution is -0.00699. The van der Waals surface area contributed by atoms with Crippen LogP contribution in [0.25, 0.3) is 0 Å². The number of benzene rings is 8. The van der Waals surface area contributed by atoms with Gasteiger partial charge in [0.25, 0.3) is 0 Å². The SMILES string of the molecule is CN1C2CCC1C(Nc1ccc(OCc3ccccc3)cc1)C(OC(=O)c1cc(OCc3ccccc3)c(C(=O)c3c(OCc4ccccc4)cccc3C(=O)OCc3ccccc3)c(OCc3ccccc3)c1)C2. The van der Waals surface area contributed by atoms with Crippen molar-refractivity contribution >= 4 is 23.4 Å². The van der Waals surface area contributed by atoms with Crippen molar-refractivity contribution in [3.05, 3.63) is 256 Å². The van der Waals surface area contributed by atoms with E-state index in [2.05, 4.69) is 17.3 Å². The third-order valence-electron chi connectivity index (χ3n) is 13.8. The van der Waals surface area contributed by atoms with Crippen molar-refractivity contribution in [2.45, 2.75) is 76.5 Å². The molecule has 4 atom stereocenters. The molecule has 4 unspecified atom stereocenters. The summed E-state index contributed by atoms with van der Waals surface area (Å²) in [6.07, 6.45) is 2.02. The summed E-state index contributed by atoms with van der Waals surface area (Å²) in [4.78, 5) is 47.4. The van der Waals surface area contributed by atoms with Crippen LogP contribution in [0.15, 0.2) is 206 Å². The molecule has 1 N–H and O–H groups in total. The first-order valence-corrected chi connectivity index (χ1v) is 25.4. The molecule has 0 amide bonds. The quantitative estimate of drug-likeness (QED) is 0.0547. The highest BCUT2D eigenvalue weighted by Gasteiger charge is 2.47. The van der Waals surface area contributed by atoms with Crippen LogP contribution in [-0.4, -0.2) is 53.9 Å². The highest BCUT2D eigenvalue weighted by molar-refractivity contribution is 6.19. The van der Waals surface area contributed by atoms with Gasteiger partial charge in [0.1, 0.15) is 67.7 Å². The maximum atomic E-state index is 15.8. The minimum Gasteiger partial charge on any atom is -0.489 e. The van der Waals surface area contributed by atoms with Crippen LogP contribution in [0.2, 0.25) is 0 Å².